The fraction of sp³-hybridized carbons (Fsp3) is 0.294. The topological polar surface area (TPSA) is 80.0 Å². The minimum Gasteiger partial charge on any atom is -0.478 e. The van der Waals surface area contributed by atoms with E-state index in [2.05, 4.69) is 0 Å². The van der Waals surface area contributed by atoms with Gasteiger partial charge in [0.25, 0.3) is 0 Å². The molecule has 6 heteroatoms. The number of amides is 1. The predicted molar refractivity (Wildman–Crippen MR) is 83.1 cm³/mol. The van der Waals surface area contributed by atoms with Gasteiger partial charge in [0, 0.05) is 13.7 Å². The van der Waals surface area contributed by atoms with Crippen LogP contribution in [0.15, 0.2) is 47.1 Å². The number of rotatable bonds is 8. The van der Waals surface area contributed by atoms with Crippen molar-refractivity contribution in [1.29, 1.82) is 0 Å². The number of hydrogen-bond donors (Lipinski definition) is 1. The number of aromatic carboxylic acids is 1. The molecule has 122 valence electrons. The predicted octanol–water partition coefficient (Wildman–Crippen LogP) is 2.20. The standard InChI is InChI=1S/C17H19NO5/c1-22-10-8-18(12-14-6-4-9-23-14)16(19)11-13-5-2-3-7-15(13)17(20)21/h2-7,9H,8,10-12H2,1H3,(H,20,21). The molecule has 0 bridgehead atoms. The summed E-state index contributed by atoms with van der Waals surface area (Å²) in [5, 5.41) is 9.21. The van der Waals surface area contributed by atoms with E-state index < -0.39 is 5.97 Å². The van der Waals surface area contributed by atoms with Crippen molar-refractivity contribution in [3.63, 3.8) is 0 Å². The Bertz CT molecular complexity index is 651. The third-order valence-electron chi connectivity index (χ3n) is 3.43. The normalized spacial score (nSPS) is 10.5. The molecule has 1 amide bonds. The van der Waals surface area contributed by atoms with Gasteiger partial charge in [0.05, 0.1) is 31.4 Å². The Labute approximate surface area is 134 Å². The van der Waals surface area contributed by atoms with E-state index in [1.54, 1.807) is 48.6 Å². The van der Waals surface area contributed by atoms with E-state index >= 15 is 0 Å². The minimum atomic E-state index is -1.04. The maximum absolute atomic E-state index is 12.6. The van der Waals surface area contributed by atoms with Crippen LogP contribution >= 0.6 is 0 Å². The second-order valence-corrected chi connectivity index (χ2v) is 5.03. The number of methoxy groups -OCH3 is 1. The van der Waals surface area contributed by atoms with E-state index in [1.807, 2.05) is 0 Å². The summed E-state index contributed by atoms with van der Waals surface area (Å²) < 4.78 is 10.3. The molecule has 1 aromatic carbocycles. The van der Waals surface area contributed by atoms with Gasteiger partial charge in [-0.1, -0.05) is 18.2 Å². The number of benzene rings is 1. The van der Waals surface area contributed by atoms with Crippen molar-refractivity contribution in [2.75, 3.05) is 20.3 Å². The Morgan fingerprint density at radius 2 is 2.00 bits per heavy atom. The van der Waals surface area contributed by atoms with Crippen molar-refractivity contribution in [3.8, 4) is 0 Å². The molecule has 0 unspecified atom stereocenters. The molecular formula is C17H19NO5. The van der Waals surface area contributed by atoms with Gasteiger partial charge in [0.2, 0.25) is 5.91 Å². The third-order valence-corrected chi connectivity index (χ3v) is 3.43. The molecule has 0 aliphatic rings. The van der Waals surface area contributed by atoms with E-state index in [1.165, 1.54) is 6.07 Å². The van der Waals surface area contributed by atoms with Crippen molar-refractivity contribution in [2.45, 2.75) is 13.0 Å². The highest BCUT2D eigenvalue weighted by Crippen LogP contribution is 2.13. The van der Waals surface area contributed by atoms with Crippen LogP contribution < -0.4 is 0 Å². The summed E-state index contributed by atoms with van der Waals surface area (Å²) in [5.74, 6) is -0.545. The number of carbonyl (C=O) groups is 2. The summed E-state index contributed by atoms with van der Waals surface area (Å²) in [4.78, 5) is 25.4. The highest BCUT2D eigenvalue weighted by molar-refractivity contribution is 5.91. The molecule has 0 fully saturated rings. The van der Waals surface area contributed by atoms with E-state index in [0.29, 0.717) is 31.0 Å². The van der Waals surface area contributed by atoms with Gasteiger partial charge in [-0.05, 0) is 23.8 Å². The first-order valence-corrected chi connectivity index (χ1v) is 7.22. The van der Waals surface area contributed by atoms with Crippen LogP contribution in [0.4, 0.5) is 0 Å². The molecule has 0 saturated heterocycles. The van der Waals surface area contributed by atoms with Crippen LogP contribution in [0.2, 0.25) is 0 Å². The second-order valence-electron chi connectivity index (χ2n) is 5.03. The van der Waals surface area contributed by atoms with Gasteiger partial charge in [0.15, 0.2) is 0 Å². The van der Waals surface area contributed by atoms with E-state index in [4.69, 9.17) is 9.15 Å². The number of ether oxygens (including phenoxy) is 1. The Morgan fingerprint density at radius 1 is 1.22 bits per heavy atom. The Morgan fingerprint density at radius 3 is 2.65 bits per heavy atom. The van der Waals surface area contributed by atoms with E-state index in [9.17, 15) is 14.7 Å². The average Bonchev–Trinajstić information content (AvgIpc) is 3.04. The van der Waals surface area contributed by atoms with Crippen molar-refractivity contribution in [1.82, 2.24) is 4.90 Å². The fourth-order valence-corrected chi connectivity index (χ4v) is 2.24. The van der Waals surface area contributed by atoms with Crippen LogP contribution in [0.3, 0.4) is 0 Å². The number of furan rings is 1. The maximum Gasteiger partial charge on any atom is 0.335 e. The molecule has 0 spiro atoms. The molecule has 1 N–H and O–H groups in total. The number of hydrogen-bond acceptors (Lipinski definition) is 4. The lowest BCUT2D eigenvalue weighted by Gasteiger charge is -2.21. The van der Waals surface area contributed by atoms with Crippen molar-refractivity contribution >= 4 is 11.9 Å². The number of carboxylic acids is 1. The van der Waals surface area contributed by atoms with E-state index in [-0.39, 0.29) is 17.9 Å². The highest BCUT2D eigenvalue weighted by atomic mass is 16.5. The lowest BCUT2D eigenvalue weighted by molar-refractivity contribution is -0.132. The molecule has 1 heterocycles. The van der Waals surface area contributed by atoms with Crippen LogP contribution in [0, 0.1) is 0 Å². The smallest absolute Gasteiger partial charge is 0.335 e. The quantitative estimate of drug-likeness (QED) is 0.807. The zero-order valence-electron chi connectivity index (χ0n) is 12.9. The van der Waals surface area contributed by atoms with Crippen LogP contribution in [-0.4, -0.2) is 42.1 Å². The molecule has 2 aromatic rings. The minimum absolute atomic E-state index is 0.0207. The lowest BCUT2D eigenvalue weighted by atomic mass is 10.0. The second kappa shape index (κ2) is 8.14. The fourth-order valence-electron chi connectivity index (χ4n) is 2.24. The molecule has 0 atom stereocenters. The lowest BCUT2D eigenvalue weighted by Crippen LogP contribution is -2.34. The molecule has 0 aliphatic heterocycles. The van der Waals surface area contributed by atoms with Crippen molar-refractivity contribution in [2.24, 2.45) is 0 Å². The average molecular weight is 317 g/mol. The summed E-state index contributed by atoms with van der Waals surface area (Å²) in [6.07, 6.45) is 1.57. The first-order valence-electron chi connectivity index (χ1n) is 7.22. The van der Waals surface area contributed by atoms with Gasteiger partial charge in [-0.25, -0.2) is 4.79 Å². The largest absolute Gasteiger partial charge is 0.478 e. The van der Waals surface area contributed by atoms with Crippen LogP contribution in [0.25, 0.3) is 0 Å². The van der Waals surface area contributed by atoms with E-state index in [0.717, 1.165) is 0 Å². The first-order chi connectivity index (χ1) is 11.1. The van der Waals surface area contributed by atoms with Crippen molar-refractivity contribution in [3.05, 3.63) is 59.5 Å². The summed E-state index contributed by atoms with van der Waals surface area (Å²) in [6, 6.07) is 10.1. The summed E-state index contributed by atoms with van der Waals surface area (Å²) >= 11 is 0. The van der Waals surface area contributed by atoms with Gasteiger partial charge in [-0.3, -0.25) is 4.79 Å². The molecular weight excluding hydrogens is 298 g/mol. The molecule has 2 rings (SSSR count). The molecule has 1 aromatic heterocycles. The Kier molecular flexibility index (Phi) is 5.94. The first kappa shape index (κ1) is 16.8. The Balaban J connectivity index is 2.12. The monoisotopic (exact) mass is 317 g/mol. The van der Waals surface area contributed by atoms with Crippen LogP contribution in [0.1, 0.15) is 21.7 Å². The third kappa shape index (κ3) is 4.69. The van der Waals surface area contributed by atoms with Gasteiger partial charge in [0.1, 0.15) is 5.76 Å². The number of nitrogens with zero attached hydrogens (tertiary/aromatic N) is 1. The van der Waals surface area contributed by atoms with Crippen molar-refractivity contribution < 1.29 is 23.8 Å². The van der Waals surface area contributed by atoms with Gasteiger partial charge in [-0.2, -0.15) is 0 Å². The van der Waals surface area contributed by atoms with Crippen LogP contribution in [-0.2, 0) is 22.5 Å². The highest BCUT2D eigenvalue weighted by Gasteiger charge is 2.18. The number of carboxylic acid groups (broad SMARTS) is 1. The van der Waals surface area contributed by atoms with Gasteiger partial charge >= 0.3 is 5.97 Å². The molecule has 6 nitrogen and oxygen atoms in total. The molecule has 23 heavy (non-hydrogen) atoms. The summed E-state index contributed by atoms with van der Waals surface area (Å²) in [7, 11) is 1.56. The van der Waals surface area contributed by atoms with Gasteiger partial charge < -0.3 is 19.2 Å². The summed E-state index contributed by atoms with van der Waals surface area (Å²) in [6.45, 7) is 1.13. The SMILES string of the molecule is COCCN(Cc1ccco1)C(=O)Cc1ccccc1C(=O)O. The maximum atomic E-state index is 12.6. The Hall–Kier alpha value is -2.60. The van der Waals surface area contributed by atoms with Gasteiger partial charge in [-0.15, -0.1) is 0 Å². The summed E-state index contributed by atoms with van der Waals surface area (Å²) in [5.41, 5.74) is 0.636. The molecule has 0 saturated carbocycles. The zero-order valence-corrected chi connectivity index (χ0v) is 12.9. The molecule has 0 aliphatic carbocycles. The zero-order chi connectivity index (χ0) is 16.7. The molecule has 0 radical (unpaired) electrons. The van der Waals surface area contributed by atoms with Crippen LogP contribution in [0.5, 0.6) is 0 Å². The number of carbonyl (C=O) groups excluding carboxylic acids is 1.